The van der Waals surface area contributed by atoms with Crippen molar-refractivity contribution in [2.24, 2.45) is 0 Å². The molecule has 0 radical (unpaired) electrons. The zero-order valence-electron chi connectivity index (χ0n) is 6.96. The summed E-state index contributed by atoms with van der Waals surface area (Å²) in [4.78, 5) is 1.98. The summed E-state index contributed by atoms with van der Waals surface area (Å²) in [6.45, 7) is 8.49. The van der Waals surface area contributed by atoms with Crippen molar-refractivity contribution in [3.05, 3.63) is 35.9 Å². The zero-order valence-corrected chi connectivity index (χ0v) is 6.96. The van der Waals surface area contributed by atoms with Crippen LogP contribution in [-0.4, -0.2) is 16.6 Å². The van der Waals surface area contributed by atoms with Crippen molar-refractivity contribution in [2.75, 3.05) is 6.54 Å². The van der Waals surface area contributed by atoms with Gasteiger partial charge in [0, 0.05) is 18.3 Å². The average molecular weight is 151 g/mol. The molecular formula is C9H13NO. The Morgan fingerprint density at radius 3 is 2.82 bits per heavy atom. The summed E-state index contributed by atoms with van der Waals surface area (Å²) in [6, 6.07) is 0. The van der Waals surface area contributed by atoms with E-state index in [1.807, 2.05) is 31.0 Å². The number of aliphatic hydroxyl groups is 1. The van der Waals surface area contributed by atoms with E-state index in [0.717, 1.165) is 12.2 Å². The maximum absolute atomic E-state index is 9.43. The van der Waals surface area contributed by atoms with Gasteiger partial charge in [0.15, 0.2) is 0 Å². The second-order valence-electron chi connectivity index (χ2n) is 2.56. The molecule has 2 nitrogen and oxygen atoms in total. The molecule has 1 aliphatic heterocycles. The molecule has 1 aliphatic rings. The summed E-state index contributed by atoms with van der Waals surface area (Å²) in [6.07, 6.45) is 3.74. The Morgan fingerprint density at radius 2 is 2.27 bits per heavy atom. The molecule has 0 unspecified atom stereocenters. The molecule has 1 heterocycles. The highest BCUT2D eigenvalue weighted by atomic mass is 16.3. The Morgan fingerprint density at radius 1 is 1.64 bits per heavy atom. The summed E-state index contributed by atoms with van der Waals surface area (Å²) >= 11 is 0. The van der Waals surface area contributed by atoms with Crippen LogP contribution in [0.15, 0.2) is 35.9 Å². The predicted molar refractivity (Wildman–Crippen MR) is 46.0 cm³/mol. The number of rotatable bonds is 1. The van der Waals surface area contributed by atoms with Gasteiger partial charge >= 0.3 is 0 Å². The minimum Gasteiger partial charge on any atom is -0.506 e. The van der Waals surface area contributed by atoms with Gasteiger partial charge < -0.3 is 10.0 Å². The summed E-state index contributed by atoms with van der Waals surface area (Å²) < 4.78 is 0. The maximum atomic E-state index is 9.43. The predicted octanol–water partition coefficient (Wildman–Crippen LogP) is 2.18. The van der Waals surface area contributed by atoms with E-state index in [2.05, 4.69) is 6.58 Å². The molecule has 1 N–H and O–H groups in total. The van der Waals surface area contributed by atoms with Crippen LogP contribution in [0.3, 0.4) is 0 Å². The normalized spacial score (nSPS) is 18.0. The molecule has 0 atom stereocenters. The highest BCUT2D eigenvalue weighted by molar-refractivity contribution is 5.38. The lowest BCUT2D eigenvalue weighted by Crippen LogP contribution is -2.18. The van der Waals surface area contributed by atoms with Crippen molar-refractivity contribution in [3.8, 4) is 0 Å². The van der Waals surface area contributed by atoms with Crippen molar-refractivity contribution in [1.82, 2.24) is 4.90 Å². The Labute approximate surface area is 67.1 Å². The highest BCUT2D eigenvalue weighted by Gasteiger charge is 2.11. The topological polar surface area (TPSA) is 23.5 Å². The number of hydrogen-bond donors (Lipinski definition) is 1. The van der Waals surface area contributed by atoms with Crippen LogP contribution in [-0.2, 0) is 0 Å². The van der Waals surface area contributed by atoms with Gasteiger partial charge in [-0.3, -0.25) is 0 Å². The second-order valence-corrected chi connectivity index (χ2v) is 2.56. The molecule has 0 spiro atoms. The molecule has 0 saturated heterocycles. The van der Waals surface area contributed by atoms with Crippen molar-refractivity contribution < 1.29 is 5.11 Å². The summed E-state index contributed by atoms with van der Waals surface area (Å²) in [7, 11) is 0. The molecule has 0 saturated carbocycles. The minimum atomic E-state index is 0.300. The summed E-state index contributed by atoms with van der Waals surface area (Å²) in [5, 5.41) is 9.43. The third-order valence-corrected chi connectivity index (χ3v) is 1.87. The van der Waals surface area contributed by atoms with E-state index in [-0.39, 0.29) is 0 Å². The Bertz CT molecular complexity index is 238. The molecule has 0 aromatic carbocycles. The summed E-state index contributed by atoms with van der Waals surface area (Å²) in [5.41, 5.74) is 1.56. The van der Waals surface area contributed by atoms with Gasteiger partial charge in [-0.2, -0.15) is 0 Å². The monoisotopic (exact) mass is 151 g/mol. The fraction of sp³-hybridized carbons (Fsp3) is 0.333. The van der Waals surface area contributed by atoms with Crippen LogP contribution in [0, 0.1) is 0 Å². The lowest BCUT2D eigenvalue weighted by molar-refractivity contribution is 0.372. The van der Waals surface area contributed by atoms with Crippen LogP contribution >= 0.6 is 0 Å². The lowest BCUT2D eigenvalue weighted by atomic mass is 10.1. The van der Waals surface area contributed by atoms with Crippen LogP contribution in [0.4, 0.5) is 0 Å². The first-order valence-electron chi connectivity index (χ1n) is 3.70. The zero-order chi connectivity index (χ0) is 8.43. The van der Waals surface area contributed by atoms with Crippen molar-refractivity contribution >= 4 is 0 Å². The Balaban J connectivity index is 2.94. The molecule has 60 valence electrons. The van der Waals surface area contributed by atoms with E-state index >= 15 is 0 Å². The molecular weight excluding hydrogens is 138 g/mol. The van der Waals surface area contributed by atoms with Gasteiger partial charge in [-0.1, -0.05) is 6.58 Å². The van der Waals surface area contributed by atoms with Crippen molar-refractivity contribution in [3.63, 3.8) is 0 Å². The van der Waals surface area contributed by atoms with Crippen LogP contribution < -0.4 is 0 Å². The average Bonchev–Trinajstić information content (AvgIpc) is 2.01. The van der Waals surface area contributed by atoms with Gasteiger partial charge in [0.05, 0.1) is 5.70 Å². The minimum absolute atomic E-state index is 0.300. The van der Waals surface area contributed by atoms with Crippen molar-refractivity contribution in [1.29, 1.82) is 0 Å². The molecule has 0 fully saturated rings. The quantitative estimate of drug-likeness (QED) is 0.621. The molecule has 2 heteroatoms. The summed E-state index contributed by atoms with van der Waals surface area (Å²) in [5.74, 6) is 0.300. The third kappa shape index (κ3) is 1.29. The SMILES string of the molecule is C=C1C=CN(CC)C(C)=C1O. The number of aliphatic hydroxyl groups excluding tert-OH is 1. The van der Waals surface area contributed by atoms with E-state index in [9.17, 15) is 5.11 Å². The first kappa shape index (κ1) is 7.92. The number of nitrogens with zero attached hydrogens (tertiary/aromatic N) is 1. The molecule has 0 amide bonds. The molecule has 0 aromatic heterocycles. The Kier molecular flexibility index (Phi) is 2.03. The fourth-order valence-corrected chi connectivity index (χ4v) is 1.08. The van der Waals surface area contributed by atoms with Crippen LogP contribution in [0.5, 0.6) is 0 Å². The van der Waals surface area contributed by atoms with Gasteiger partial charge in [-0.15, -0.1) is 0 Å². The molecule has 0 aromatic rings. The smallest absolute Gasteiger partial charge is 0.141 e. The largest absolute Gasteiger partial charge is 0.506 e. The highest BCUT2D eigenvalue weighted by Crippen LogP contribution is 2.20. The molecule has 0 aliphatic carbocycles. The van der Waals surface area contributed by atoms with E-state index in [1.165, 1.54) is 0 Å². The molecule has 11 heavy (non-hydrogen) atoms. The standard InChI is InChI=1S/C9H13NO/c1-4-10-6-5-7(2)9(11)8(10)3/h5-6,11H,2,4H2,1,3H3. The van der Waals surface area contributed by atoms with Gasteiger partial charge in [0.25, 0.3) is 0 Å². The maximum Gasteiger partial charge on any atom is 0.141 e. The molecule has 0 bridgehead atoms. The van der Waals surface area contributed by atoms with E-state index < -0.39 is 0 Å². The number of hydrogen-bond acceptors (Lipinski definition) is 2. The van der Waals surface area contributed by atoms with Gasteiger partial charge in [0.2, 0.25) is 0 Å². The number of allylic oxidation sites excluding steroid dienone is 2. The van der Waals surface area contributed by atoms with Gasteiger partial charge in [0.1, 0.15) is 5.76 Å². The van der Waals surface area contributed by atoms with E-state index in [4.69, 9.17) is 0 Å². The Hall–Kier alpha value is -1.18. The van der Waals surface area contributed by atoms with Gasteiger partial charge in [-0.05, 0) is 19.9 Å². The first-order chi connectivity index (χ1) is 5.16. The van der Waals surface area contributed by atoms with Crippen molar-refractivity contribution in [2.45, 2.75) is 13.8 Å². The van der Waals surface area contributed by atoms with E-state index in [1.54, 1.807) is 0 Å². The van der Waals surface area contributed by atoms with Gasteiger partial charge in [-0.25, -0.2) is 0 Å². The van der Waals surface area contributed by atoms with E-state index in [0.29, 0.717) is 11.3 Å². The fourth-order valence-electron chi connectivity index (χ4n) is 1.08. The van der Waals surface area contributed by atoms with Crippen LogP contribution in [0.25, 0.3) is 0 Å². The third-order valence-electron chi connectivity index (χ3n) is 1.87. The lowest BCUT2D eigenvalue weighted by Gasteiger charge is -2.24. The van der Waals surface area contributed by atoms with Crippen LogP contribution in [0.1, 0.15) is 13.8 Å². The first-order valence-corrected chi connectivity index (χ1v) is 3.70. The molecule has 1 rings (SSSR count). The van der Waals surface area contributed by atoms with Crippen LogP contribution in [0.2, 0.25) is 0 Å². The second kappa shape index (κ2) is 2.82.